The highest BCUT2D eigenvalue weighted by Crippen LogP contribution is 2.38. The van der Waals surface area contributed by atoms with Crippen LogP contribution in [0.25, 0.3) is 0 Å². The van der Waals surface area contributed by atoms with Crippen molar-refractivity contribution in [3.05, 3.63) is 64.4 Å². The molecule has 4 heterocycles. The number of halogens is 4. The molecule has 2 saturated carbocycles. The van der Waals surface area contributed by atoms with E-state index in [4.69, 9.17) is 11.6 Å². The fourth-order valence-corrected chi connectivity index (χ4v) is 13.8. The molecule has 11 amide bonds. The number of alkyl halides is 3. The first-order chi connectivity index (χ1) is 43.0. The number of amides is 11. The molecule has 2 aromatic rings. The van der Waals surface area contributed by atoms with Crippen molar-refractivity contribution in [3.8, 4) is 0 Å². The van der Waals surface area contributed by atoms with Crippen LogP contribution >= 0.6 is 11.6 Å². The van der Waals surface area contributed by atoms with Crippen LogP contribution in [0.15, 0.2) is 42.7 Å². The topological polar surface area (TPSA) is 271 Å². The van der Waals surface area contributed by atoms with Gasteiger partial charge in [0.2, 0.25) is 65.0 Å². The predicted octanol–water partition coefficient (Wildman–Crippen LogP) is 3.87. The molecule has 7 rings (SSSR count). The molecule has 3 saturated heterocycles. The molecule has 500 valence electrons. The van der Waals surface area contributed by atoms with Gasteiger partial charge >= 0.3 is 6.18 Å². The third-order valence-corrected chi connectivity index (χ3v) is 19.5. The summed E-state index contributed by atoms with van der Waals surface area (Å²) in [5.41, 5.74) is -1.71. The van der Waals surface area contributed by atoms with Gasteiger partial charge in [0.15, 0.2) is 0 Å². The number of hydrogen-bond acceptors (Lipinski definition) is 12. The SMILES string of the molecule is CC[C@H](C)[C@@H]1NC(=O)[C@H](C)N(C)C(=O)C[C@@H](C)NC(=O)[C@H](C2CCCC2)N(C)C(=O)C2(CCCC2)NC(=O)[C@@H]2CCCN2C(=O)[C@H](CCc2ccc(C(F)(F)F)c(Cl)c2)NC(=O)CN(C)C(=O)[C@H](Cc2cccnc2)N(C)C(=O)[C@@H]2CCCN2C(=O)CN(C)C1=O. The Labute approximate surface area is 535 Å². The molecular formula is C64H90ClF3N12O11. The number of hydrogen-bond donors (Lipinski definition) is 4. The lowest BCUT2D eigenvalue weighted by molar-refractivity contribution is -0.151. The number of likely N-dealkylation sites (N-methyl/N-ethyl adjacent to an activating group) is 5. The molecule has 1 aromatic heterocycles. The van der Waals surface area contributed by atoms with Gasteiger partial charge in [-0.15, -0.1) is 0 Å². The summed E-state index contributed by atoms with van der Waals surface area (Å²) in [5, 5.41) is 11.0. The van der Waals surface area contributed by atoms with Crippen LogP contribution in [-0.2, 0) is 71.8 Å². The van der Waals surface area contributed by atoms with E-state index in [9.17, 15) is 56.3 Å². The zero-order valence-electron chi connectivity index (χ0n) is 53.7. The number of carbonyl (C=O) groups is 11. The van der Waals surface area contributed by atoms with Gasteiger partial charge in [0.1, 0.15) is 47.8 Å². The second-order valence-electron chi connectivity index (χ2n) is 25.7. The highest BCUT2D eigenvalue weighted by Gasteiger charge is 2.51. The molecular weight excluding hydrogens is 1210 g/mol. The fourth-order valence-electron chi connectivity index (χ4n) is 13.5. The number of carbonyl (C=O) groups excluding carboxylic acids is 11. The average molecular weight is 1300 g/mol. The molecule has 91 heavy (non-hydrogen) atoms. The van der Waals surface area contributed by atoms with Crippen molar-refractivity contribution in [2.45, 2.75) is 197 Å². The van der Waals surface area contributed by atoms with Gasteiger partial charge in [0.25, 0.3) is 0 Å². The predicted molar refractivity (Wildman–Crippen MR) is 330 cm³/mol. The molecule has 0 radical (unpaired) electrons. The minimum atomic E-state index is -4.75. The first-order valence-corrected chi connectivity index (χ1v) is 32.2. The van der Waals surface area contributed by atoms with Crippen molar-refractivity contribution in [1.82, 2.24) is 60.6 Å². The summed E-state index contributed by atoms with van der Waals surface area (Å²) in [4.78, 5) is 173. The lowest BCUT2D eigenvalue weighted by atomic mass is 9.90. The quantitative estimate of drug-likeness (QED) is 0.294. The number of fused-ring (bicyclic) bond motifs is 2. The molecule has 1 spiro atoms. The Kier molecular flexibility index (Phi) is 24.1. The number of aryl methyl sites for hydroxylation is 1. The normalized spacial score (nSPS) is 27.3. The van der Waals surface area contributed by atoms with Crippen molar-refractivity contribution in [1.29, 1.82) is 0 Å². The Hall–Kier alpha value is -7.38. The second-order valence-corrected chi connectivity index (χ2v) is 26.1. The molecule has 5 fully saturated rings. The average Bonchev–Trinajstić information content (AvgIpc) is 1.71. The van der Waals surface area contributed by atoms with Crippen molar-refractivity contribution >= 4 is 76.6 Å². The summed E-state index contributed by atoms with van der Waals surface area (Å²) in [6.07, 6.45) is 3.67. The fraction of sp³-hybridized carbons (Fsp3) is 0.656. The van der Waals surface area contributed by atoms with Crippen molar-refractivity contribution in [2.24, 2.45) is 11.8 Å². The molecule has 23 nitrogen and oxygen atoms in total. The number of rotatable bonds is 8. The van der Waals surface area contributed by atoms with Crippen molar-refractivity contribution in [2.75, 3.05) is 61.4 Å². The van der Waals surface area contributed by atoms with E-state index >= 15 is 9.59 Å². The van der Waals surface area contributed by atoms with Gasteiger partial charge in [0.05, 0.1) is 23.7 Å². The lowest BCUT2D eigenvalue weighted by Gasteiger charge is -2.40. The highest BCUT2D eigenvalue weighted by molar-refractivity contribution is 6.31. The molecule has 4 N–H and O–H groups in total. The maximum absolute atomic E-state index is 15.2. The Balaban J connectivity index is 1.23. The monoisotopic (exact) mass is 1290 g/mol. The van der Waals surface area contributed by atoms with E-state index in [0.717, 1.165) is 29.9 Å². The van der Waals surface area contributed by atoms with Crippen molar-refractivity contribution < 1.29 is 65.9 Å². The molecule has 0 unspecified atom stereocenters. The molecule has 9 atom stereocenters. The van der Waals surface area contributed by atoms with Crippen molar-refractivity contribution in [3.63, 3.8) is 0 Å². The number of benzene rings is 1. The van der Waals surface area contributed by atoms with Gasteiger partial charge in [-0.2, -0.15) is 13.2 Å². The van der Waals surface area contributed by atoms with Crippen LogP contribution in [0.5, 0.6) is 0 Å². The first kappa shape index (κ1) is 71.1. The summed E-state index contributed by atoms with van der Waals surface area (Å²) in [6.45, 7) is 5.78. The third-order valence-electron chi connectivity index (χ3n) is 19.2. The standard InChI is InChI=1S/C64H90ClF3N12O11/c1-10-38(2)53-61(90)75(6)37-52(83)79-30-17-22-48(79)60(89)77(8)49(34-42-18-15-29-69-35-42)59(88)74(5)36-50(81)71-46(26-24-41-23-25-44(45(65)33-41)64(66,67)68)58(87)80-31-16-21-47(80)56(85)73-63(27-13-14-28-63)62(91)78(9)54(43-19-11-12-20-43)57(86)70-39(3)32-51(82)76(7)40(4)55(84)72-53/h15,18,23,25,29,33,35,38-40,43,46-49,53-54H,10-14,16-17,19-22,24,26-28,30-32,34,36-37H2,1-9H3,(H,70,86)(H,71,81)(H,72,84)(H,73,85)/t38-,39+,40-,46-,47-,48-,49-,53-,54-/m0/s1. The minimum absolute atomic E-state index is 0.0507. The van der Waals surface area contributed by atoms with Gasteiger partial charge in [-0.1, -0.05) is 69.7 Å². The van der Waals surface area contributed by atoms with Gasteiger partial charge in [-0.25, -0.2) is 0 Å². The van der Waals surface area contributed by atoms with Crippen LogP contribution in [0.2, 0.25) is 5.02 Å². The van der Waals surface area contributed by atoms with Crippen LogP contribution in [-0.4, -0.2) is 220 Å². The first-order valence-electron chi connectivity index (χ1n) is 31.8. The molecule has 2 aliphatic carbocycles. The van der Waals surface area contributed by atoms with Crippen LogP contribution in [0.4, 0.5) is 13.2 Å². The van der Waals surface area contributed by atoms with E-state index in [-0.39, 0.29) is 70.4 Å². The molecule has 3 aliphatic heterocycles. The highest BCUT2D eigenvalue weighted by atomic mass is 35.5. The van der Waals surface area contributed by atoms with E-state index in [1.54, 1.807) is 26.0 Å². The van der Waals surface area contributed by atoms with E-state index in [1.807, 2.05) is 6.92 Å². The summed E-state index contributed by atoms with van der Waals surface area (Å²) >= 11 is 6.12. The van der Waals surface area contributed by atoms with Crippen LogP contribution in [0.1, 0.15) is 141 Å². The summed E-state index contributed by atoms with van der Waals surface area (Å²) in [6, 6.07) is -2.47. The van der Waals surface area contributed by atoms with E-state index in [2.05, 4.69) is 26.3 Å². The second kappa shape index (κ2) is 30.8. The van der Waals surface area contributed by atoms with Gasteiger partial charge < -0.3 is 55.6 Å². The maximum Gasteiger partial charge on any atom is 0.417 e. The Morgan fingerprint density at radius 1 is 0.681 bits per heavy atom. The van der Waals surface area contributed by atoms with E-state index in [1.165, 1.54) is 90.0 Å². The molecule has 5 aliphatic rings. The molecule has 0 bridgehead atoms. The maximum atomic E-state index is 15.2. The smallest absolute Gasteiger partial charge is 0.351 e. The lowest BCUT2D eigenvalue weighted by Crippen LogP contribution is -2.64. The Morgan fingerprint density at radius 2 is 1.33 bits per heavy atom. The minimum Gasteiger partial charge on any atom is -0.351 e. The zero-order chi connectivity index (χ0) is 66.8. The van der Waals surface area contributed by atoms with Gasteiger partial charge in [-0.3, -0.25) is 57.7 Å². The number of nitrogens with zero attached hydrogens (tertiary/aromatic N) is 8. The zero-order valence-corrected chi connectivity index (χ0v) is 54.5. The molecule has 1 aromatic carbocycles. The summed E-state index contributed by atoms with van der Waals surface area (Å²) < 4.78 is 41.4. The molecule has 27 heteroatoms. The number of aromatic nitrogens is 1. The summed E-state index contributed by atoms with van der Waals surface area (Å²) in [5.74, 6) is -7.56. The van der Waals surface area contributed by atoms with Crippen LogP contribution < -0.4 is 21.3 Å². The van der Waals surface area contributed by atoms with Gasteiger partial charge in [-0.05, 0) is 119 Å². The summed E-state index contributed by atoms with van der Waals surface area (Å²) in [7, 11) is 7.11. The van der Waals surface area contributed by atoms with E-state index < -0.39 is 155 Å². The van der Waals surface area contributed by atoms with Crippen LogP contribution in [0, 0.1) is 11.8 Å². The Bertz CT molecular complexity index is 3020. The number of pyridine rings is 1. The Morgan fingerprint density at radius 3 is 1.96 bits per heavy atom. The van der Waals surface area contributed by atoms with Crippen LogP contribution in [0.3, 0.4) is 0 Å². The largest absolute Gasteiger partial charge is 0.417 e. The van der Waals surface area contributed by atoms with E-state index in [0.29, 0.717) is 56.1 Å². The van der Waals surface area contributed by atoms with Gasteiger partial charge in [0, 0.05) is 79.6 Å². The third kappa shape index (κ3) is 17.0. The number of nitrogens with one attached hydrogen (secondary N) is 4.